The highest BCUT2D eigenvalue weighted by Gasteiger charge is 2.08. The molecule has 0 aromatic heterocycles. The van der Waals surface area contributed by atoms with Crippen molar-refractivity contribution in [2.24, 2.45) is 5.73 Å². The Morgan fingerprint density at radius 3 is 2.69 bits per heavy atom. The Hall–Kier alpha value is -1.95. The van der Waals surface area contributed by atoms with Crippen molar-refractivity contribution >= 4 is 11.9 Å². The molecule has 0 saturated carbocycles. The number of halogens is 1. The largest absolute Gasteiger partial charge is 0.478 e. The van der Waals surface area contributed by atoms with E-state index in [-0.39, 0.29) is 24.2 Å². The first-order valence-electron chi connectivity index (χ1n) is 4.51. The zero-order valence-corrected chi connectivity index (χ0v) is 8.37. The van der Waals surface area contributed by atoms with Gasteiger partial charge < -0.3 is 16.2 Å². The SMILES string of the molecule is NC(=O)CNCc1cc(C(=O)O)ccc1F. The molecule has 6 heteroatoms. The quantitative estimate of drug-likeness (QED) is 0.663. The van der Waals surface area contributed by atoms with Crippen LogP contribution in [0.15, 0.2) is 18.2 Å². The molecule has 1 amide bonds. The summed E-state index contributed by atoms with van der Waals surface area (Å²) < 4.78 is 13.2. The fourth-order valence-corrected chi connectivity index (χ4v) is 1.16. The Morgan fingerprint density at radius 1 is 1.44 bits per heavy atom. The van der Waals surface area contributed by atoms with Gasteiger partial charge in [-0.25, -0.2) is 9.18 Å². The normalized spacial score (nSPS) is 10.1. The predicted molar refractivity (Wildman–Crippen MR) is 54.3 cm³/mol. The van der Waals surface area contributed by atoms with Crippen LogP contribution in [-0.4, -0.2) is 23.5 Å². The standard InChI is InChI=1S/C10H11FN2O3/c11-8-2-1-6(10(15)16)3-7(8)4-13-5-9(12)14/h1-3,13H,4-5H2,(H2,12,14)(H,15,16). The second kappa shape index (κ2) is 5.22. The number of benzene rings is 1. The maximum atomic E-state index is 13.2. The van der Waals surface area contributed by atoms with Crippen LogP contribution in [0.25, 0.3) is 0 Å². The first-order valence-corrected chi connectivity index (χ1v) is 4.51. The molecular weight excluding hydrogens is 215 g/mol. The van der Waals surface area contributed by atoms with E-state index in [9.17, 15) is 14.0 Å². The smallest absolute Gasteiger partial charge is 0.335 e. The molecular formula is C10H11FN2O3. The maximum Gasteiger partial charge on any atom is 0.335 e. The minimum absolute atomic E-state index is 0.00252. The molecule has 16 heavy (non-hydrogen) atoms. The Balaban J connectivity index is 2.74. The number of aromatic carboxylic acids is 1. The average molecular weight is 226 g/mol. The van der Waals surface area contributed by atoms with E-state index in [0.29, 0.717) is 0 Å². The van der Waals surface area contributed by atoms with Crippen LogP contribution in [0.2, 0.25) is 0 Å². The number of carboxylic acid groups (broad SMARTS) is 1. The molecule has 1 aromatic carbocycles. The molecule has 0 fully saturated rings. The van der Waals surface area contributed by atoms with E-state index >= 15 is 0 Å². The molecule has 0 aliphatic rings. The van der Waals surface area contributed by atoms with Gasteiger partial charge in [0.1, 0.15) is 5.82 Å². The lowest BCUT2D eigenvalue weighted by molar-refractivity contribution is -0.117. The van der Waals surface area contributed by atoms with Crippen LogP contribution in [0.3, 0.4) is 0 Å². The number of hydrogen-bond donors (Lipinski definition) is 3. The first kappa shape index (κ1) is 12.1. The van der Waals surface area contributed by atoms with Crippen molar-refractivity contribution in [1.29, 1.82) is 0 Å². The molecule has 0 aliphatic carbocycles. The van der Waals surface area contributed by atoms with Gasteiger partial charge in [0.2, 0.25) is 5.91 Å². The van der Waals surface area contributed by atoms with Crippen molar-refractivity contribution in [3.8, 4) is 0 Å². The highest BCUT2D eigenvalue weighted by Crippen LogP contribution is 2.10. The van der Waals surface area contributed by atoms with Crippen LogP contribution in [-0.2, 0) is 11.3 Å². The summed E-state index contributed by atoms with van der Waals surface area (Å²) in [4.78, 5) is 21.1. The summed E-state index contributed by atoms with van der Waals surface area (Å²) in [5.74, 6) is -2.21. The summed E-state index contributed by atoms with van der Waals surface area (Å²) in [7, 11) is 0. The molecule has 0 atom stereocenters. The van der Waals surface area contributed by atoms with Crippen molar-refractivity contribution in [3.05, 3.63) is 35.1 Å². The van der Waals surface area contributed by atoms with E-state index in [1.807, 2.05) is 0 Å². The van der Waals surface area contributed by atoms with Gasteiger partial charge in [0, 0.05) is 12.1 Å². The lowest BCUT2D eigenvalue weighted by Gasteiger charge is -2.05. The van der Waals surface area contributed by atoms with Gasteiger partial charge in [0.05, 0.1) is 12.1 Å². The number of nitrogens with two attached hydrogens (primary N) is 1. The maximum absolute atomic E-state index is 13.2. The Labute approximate surface area is 91.1 Å². The molecule has 0 unspecified atom stereocenters. The summed E-state index contributed by atoms with van der Waals surface area (Å²) in [6, 6.07) is 3.46. The minimum atomic E-state index is -1.13. The van der Waals surface area contributed by atoms with Gasteiger partial charge in [0.15, 0.2) is 0 Å². The summed E-state index contributed by atoms with van der Waals surface area (Å²) >= 11 is 0. The number of primary amides is 1. The van der Waals surface area contributed by atoms with Crippen molar-refractivity contribution in [1.82, 2.24) is 5.32 Å². The third-order valence-electron chi connectivity index (χ3n) is 1.91. The molecule has 0 spiro atoms. The molecule has 0 radical (unpaired) electrons. The van der Waals surface area contributed by atoms with Crippen LogP contribution in [0, 0.1) is 5.82 Å². The number of amides is 1. The van der Waals surface area contributed by atoms with Crippen LogP contribution in [0.1, 0.15) is 15.9 Å². The van der Waals surface area contributed by atoms with Gasteiger partial charge in [-0.3, -0.25) is 4.79 Å². The monoisotopic (exact) mass is 226 g/mol. The van der Waals surface area contributed by atoms with Crippen LogP contribution in [0.4, 0.5) is 4.39 Å². The van der Waals surface area contributed by atoms with Crippen molar-refractivity contribution in [2.75, 3.05) is 6.54 Å². The molecule has 0 bridgehead atoms. The Morgan fingerprint density at radius 2 is 2.12 bits per heavy atom. The van der Waals surface area contributed by atoms with Gasteiger partial charge in [-0.1, -0.05) is 0 Å². The summed E-state index contributed by atoms with van der Waals surface area (Å²) in [5.41, 5.74) is 5.06. The van der Waals surface area contributed by atoms with E-state index in [1.54, 1.807) is 0 Å². The van der Waals surface area contributed by atoms with Crippen molar-refractivity contribution < 1.29 is 19.1 Å². The fraction of sp³-hybridized carbons (Fsp3) is 0.200. The van der Waals surface area contributed by atoms with Gasteiger partial charge in [-0.15, -0.1) is 0 Å². The van der Waals surface area contributed by atoms with Crippen LogP contribution in [0.5, 0.6) is 0 Å². The van der Waals surface area contributed by atoms with Crippen molar-refractivity contribution in [2.45, 2.75) is 6.54 Å². The lowest BCUT2D eigenvalue weighted by atomic mass is 10.1. The van der Waals surface area contributed by atoms with E-state index in [4.69, 9.17) is 10.8 Å². The number of carbonyl (C=O) groups excluding carboxylic acids is 1. The predicted octanol–water partition coefficient (Wildman–Crippen LogP) is 0.0988. The molecule has 0 aliphatic heterocycles. The summed E-state index contributed by atoms with van der Waals surface area (Å²) in [5, 5.41) is 11.3. The second-order valence-corrected chi connectivity index (χ2v) is 3.18. The number of carboxylic acids is 1. The topological polar surface area (TPSA) is 92.4 Å². The summed E-state index contributed by atoms with van der Waals surface area (Å²) in [6.07, 6.45) is 0. The van der Waals surface area contributed by atoms with Gasteiger partial charge in [-0.2, -0.15) is 0 Å². The average Bonchev–Trinajstić information content (AvgIpc) is 2.20. The third-order valence-corrected chi connectivity index (χ3v) is 1.91. The number of hydrogen-bond acceptors (Lipinski definition) is 3. The molecule has 0 saturated heterocycles. The van der Waals surface area contributed by atoms with Crippen LogP contribution >= 0.6 is 0 Å². The van der Waals surface area contributed by atoms with E-state index in [1.165, 1.54) is 12.1 Å². The molecule has 5 nitrogen and oxygen atoms in total. The molecule has 4 N–H and O–H groups in total. The van der Waals surface area contributed by atoms with Gasteiger partial charge in [0.25, 0.3) is 0 Å². The first-order chi connectivity index (χ1) is 7.50. The van der Waals surface area contributed by atoms with Gasteiger partial charge >= 0.3 is 5.97 Å². The fourth-order valence-electron chi connectivity index (χ4n) is 1.16. The molecule has 1 rings (SSSR count). The second-order valence-electron chi connectivity index (χ2n) is 3.18. The molecule has 1 aromatic rings. The zero-order valence-electron chi connectivity index (χ0n) is 8.37. The Bertz CT molecular complexity index is 421. The number of rotatable bonds is 5. The van der Waals surface area contributed by atoms with E-state index in [2.05, 4.69) is 5.32 Å². The zero-order chi connectivity index (χ0) is 12.1. The lowest BCUT2D eigenvalue weighted by Crippen LogP contribution is -2.28. The molecule has 86 valence electrons. The van der Waals surface area contributed by atoms with Crippen molar-refractivity contribution in [3.63, 3.8) is 0 Å². The van der Waals surface area contributed by atoms with E-state index in [0.717, 1.165) is 6.07 Å². The van der Waals surface area contributed by atoms with Crippen LogP contribution < -0.4 is 11.1 Å². The summed E-state index contributed by atoms with van der Waals surface area (Å²) in [6.45, 7) is -0.0351. The van der Waals surface area contributed by atoms with E-state index < -0.39 is 17.7 Å². The number of carbonyl (C=O) groups is 2. The number of nitrogens with one attached hydrogen (secondary N) is 1. The third kappa shape index (κ3) is 3.32. The highest BCUT2D eigenvalue weighted by molar-refractivity contribution is 5.87. The van der Waals surface area contributed by atoms with Gasteiger partial charge in [-0.05, 0) is 18.2 Å². The Kier molecular flexibility index (Phi) is 3.96. The minimum Gasteiger partial charge on any atom is -0.478 e. The highest BCUT2D eigenvalue weighted by atomic mass is 19.1. The molecule has 0 heterocycles.